The Labute approximate surface area is 237 Å². The zero-order chi connectivity index (χ0) is 28.9. The van der Waals surface area contributed by atoms with Gasteiger partial charge in [-0.2, -0.15) is 13.2 Å². The number of rotatable bonds is 5. The van der Waals surface area contributed by atoms with E-state index in [0.29, 0.717) is 22.8 Å². The Balaban J connectivity index is 1.52. The zero-order valence-electron chi connectivity index (χ0n) is 21.8. The fourth-order valence-electron chi connectivity index (χ4n) is 5.82. The number of benzene rings is 2. The number of allylic oxidation sites excluding steroid dienone is 2. The lowest BCUT2D eigenvalue weighted by Crippen LogP contribution is -2.46. The molecule has 0 fully saturated rings. The van der Waals surface area contributed by atoms with Crippen LogP contribution in [0.25, 0.3) is 0 Å². The van der Waals surface area contributed by atoms with Gasteiger partial charge < -0.3 is 14.2 Å². The molecule has 3 aromatic rings. The number of Topliss-reactive ketones (excluding diaryl/α,β-unsaturated/α-hetero) is 1. The first-order chi connectivity index (χ1) is 19.7. The van der Waals surface area contributed by atoms with E-state index in [9.17, 15) is 27.6 Å². The number of esters is 1. The van der Waals surface area contributed by atoms with E-state index in [1.165, 1.54) is 28.4 Å². The minimum Gasteiger partial charge on any atom is -0.465 e. The molecule has 7 nitrogen and oxygen atoms in total. The quantitative estimate of drug-likeness (QED) is 0.263. The van der Waals surface area contributed by atoms with Crippen LogP contribution in [-0.4, -0.2) is 31.1 Å². The molecular weight excluding hydrogens is 559 g/mol. The largest absolute Gasteiger partial charge is 0.465 e. The van der Waals surface area contributed by atoms with Crippen molar-refractivity contribution < 1.29 is 41.8 Å². The molecule has 212 valence electrons. The number of amides is 1. The minimum absolute atomic E-state index is 0.0460. The number of carbonyl (C=O) groups is 3. The van der Waals surface area contributed by atoms with Crippen LogP contribution in [0.2, 0.25) is 0 Å². The van der Waals surface area contributed by atoms with Gasteiger partial charge in [0.15, 0.2) is 17.3 Å². The molecule has 3 heterocycles. The lowest BCUT2D eigenvalue weighted by atomic mass is 9.69. The van der Waals surface area contributed by atoms with Gasteiger partial charge >= 0.3 is 12.1 Å². The Morgan fingerprint density at radius 3 is 2.49 bits per heavy atom. The molecule has 0 bridgehead atoms. The van der Waals surface area contributed by atoms with E-state index in [0.717, 1.165) is 17.0 Å². The van der Waals surface area contributed by atoms with Gasteiger partial charge in [-0.25, -0.2) is 0 Å². The van der Waals surface area contributed by atoms with Crippen LogP contribution in [0, 0.1) is 5.92 Å². The van der Waals surface area contributed by atoms with E-state index < -0.39 is 41.2 Å². The first-order valence-electron chi connectivity index (χ1n) is 13.0. The van der Waals surface area contributed by atoms with Crippen LogP contribution >= 0.6 is 11.3 Å². The van der Waals surface area contributed by atoms with Crippen LogP contribution < -0.4 is 14.4 Å². The number of anilines is 1. The Hall–Kier alpha value is -4.12. The highest BCUT2D eigenvalue weighted by atomic mass is 32.1. The maximum atomic E-state index is 14.4. The van der Waals surface area contributed by atoms with E-state index >= 15 is 0 Å². The van der Waals surface area contributed by atoms with Crippen LogP contribution in [0.4, 0.5) is 18.9 Å². The Morgan fingerprint density at radius 2 is 1.80 bits per heavy atom. The number of thiophene rings is 1. The molecule has 0 N–H and O–H groups in total. The van der Waals surface area contributed by atoms with Gasteiger partial charge in [0.1, 0.15) is 5.92 Å². The van der Waals surface area contributed by atoms with Crippen molar-refractivity contribution in [1.82, 2.24) is 0 Å². The molecule has 41 heavy (non-hydrogen) atoms. The number of halogens is 3. The van der Waals surface area contributed by atoms with Crippen molar-refractivity contribution in [2.24, 2.45) is 5.92 Å². The molecule has 2 aliphatic heterocycles. The Kier molecular flexibility index (Phi) is 6.85. The molecule has 0 radical (unpaired) electrons. The lowest BCUT2D eigenvalue weighted by molar-refractivity contribution is -0.152. The summed E-state index contributed by atoms with van der Waals surface area (Å²) in [5.41, 5.74) is 0.637. The SMILES string of the molecule is CCOC(=O)[C@@H]1C(=O)C2=C(C[C@H]1c1cccs1)N(c1ccc(C(F)(F)F)cc1)C(=O)C[C@@H]2c1ccc2c(c1)OCO2. The summed E-state index contributed by atoms with van der Waals surface area (Å²) in [7, 11) is 0. The summed E-state index contributed by atoms with van der Waals surface area (Å²) in [5, 5.41) is 1.83. The number of hydrogen-bond acceptors (Lipinski definition) is 7. The molecule has 3 aliphatic rings. The number of carbonyl (C=O) groups excluding carboxylic acids is 3. The van der Waals surface area contributed by atoms with E-state index in [2.05, 4.69) is 0 Å². The summed E-state index contributed by atoms with van der Waals surface area (Å²) in [6.07, 6.45) is -4.54. The number of alkyl halides is 3. The second kappa shape index (κ2) is 10.4. The van der Waals surface area contributed by atoms with Gasteiger partial charge in [-0.05, 0) is 66.8 Å². The van der Waals surface area contributed by atoms with Gasteiger partial charge in [0, 0.05) is 40.1 Å². The number of ketones is 1. The topological polar surface area (TPSA) is 82.1 Å². The summed E-state index contributed by atoms with van der Waals surface area (Å²) < 4.78 is 56.1. The molecule has 1 aromatic heterocycles. The van der Waals surface area contributed by atoms with E-state index in [4.69, 9.17) is 14.2 Å². The number of hydrogen-bond donors (Lipinski definition) is 0. The van der Waals surface area contributed by atoms with Gasteiger partial charge in [-0.15, -0.1) is 11.3 Å². The molecular formula is C30H24F3NO6S. The maximum Gasteiger partial charge on any atom is 0.416 e. The Morgan fingerprint density at radius 1 is 1.05 bits per heavy atom. The van der Waals surface area contributed by atoms with Crippen molar-refractivity contribution in [2.75, 3.05) is 18.3 Å². The summed E-state index contributed by atoms with van der Waals surface area (Å²) in [4.78, 5) is 43.5. The monoisotopic (exact) mass is 583 g/mol. The zero-order valence-corrected chi connectivity index (χ0v) is 22.6. The predicted molar refractivity (Wildman–Crippen MR) is 143 cm³/mol. The van der Waals surface area contributed by atoms with Crippen LogP contribution in [0.1, 0.15) is 47.6 Å². The molecule has 6 rings (SSSR count). The third-order valence-electron chi connectivity index (χ3n) is 7.62. The number of ether oxygens (including phenoxy) is 3. The standard InChI is InChI=1S/C30H24F3NO6S/c1-2-38-29(37)27-20(24-4-3-11-41-24)13-21-26(28(27)36)19(16-5-10-22-23(12-16)40-15-39-22)14-25(35)34(21)18-8-6-17(7-9-18)30(31,32)33/h3-12,19-20,27H,2,13-15H2,1H3/t19-,20+,27+/m1/s1. The summed E-state index contributed by atoms with van der Waals surface area (Å²) in [6, 6.07) is 13.1. The molecule has 2 aromatic carbocycles. The maximum absolute atomic E-state index is 14.4. The van der Waals surface area contributed by atoms with Crippen LogP contribution in [0.5, 0.6) is 11.5 Å². The average molecular weight is 584 g/mol. The van der Waals surface area contributed by atoms with Crippen molar-refractivity contribution in [3.8, 4) is 11.5 Å². The fourth-order valence-corrected chi connectivity index (χ4v) is 6.68. The molecule has 0 saturated carbocycles. The van der Waals surface area contributed by atoms with Gasteiger partial charge in [-0.1, -0.05) is 12.1 Å². The summed E-state index contributed by atoms with van der Waals surface area (Å²) in [5.74, 6) is -2.92. The molecule has 11 heteroatoms. The van der Waals surface area contributed by atoms with Crippen molar-refractivity contribution in [3.05, 3.63) is 87.3 Å². The second-order valence-electron chi connectivity index (χ2n) is 9.92. The molecule has 1 amide bonds. The molecule has 1 aliphatic carbocycles. The Bertz CT molecular complexity index is 1550. The van der Waals surface area contributed by atoms with Gasteiger partial charge in [0.2, 0.25) is 12.7 Å². The fraction of sp³-hybridized carbons (Fsp3) is 0.300. The third-order valence-corrected chi connectivity index (χ3v) is 8.63. The molecule has 3 atom stereocenters. The van der Waals surface area contributed by atoms with E-state index in [1.54, 1.807) is 25.1 Å². The first kappa shape index (κ1) is 27.1. The van der Waals surface area contributed by atoms with Gasteiger partial charge in [0.05, 0.1) is 12.2 Å². The first-order valence-corrected chi connectivity index (χ1v) is 13.9. The highest BCUT2D eigenvalue weighted by Crippen LogP contribution is 2.51. The van der Waals surface area contributed by atoms with Crippen molar-refractivity contribution in [2.45, 2.75) is 37.8 Å². The number of nitrogens with zero attached hydrogens (tertiary/aromatic N) is 1. The van der Waals surface area contributed by atoms with Crippen LogP contribution in [0.15, 0.2) is 71.2 Å². The number of fused-ring (bicyclic) bond motifs is 1. The highest BCUT2D eigenvalue weighted by molar-refractivity contribution is 7.10. The normalized spacial score (nSPS) is 22.1. The van der Waals surface area contributed by atoms with Crippen LogP contribution in [0.3, 0.4) is 0 Å². The highest BCUT2D eigenvalue weighted by Gasteiger charge is 2.50. The van der Waals surface area contributed by atoms with Crippen molar-refractivity contribution in [1.29, 1.82) is 0 Å². The minimum atomic E-state index is -4.54. The van der Waals surface area contributed by atoms with Crippen molar-refractivity contribution in [3.63, 3.8) is 0 Å². The van der Waals surface area contributed by atoms with Gasteiger partial charge in [-0.3, -0.25) is 19.3 Å². The van der Waals surface area contributed by atoms with Gasteiger partial charge in [0.25, 0.3) is 0 Å². The smallest absolute Gasteiger partial charge is 0.416 e. The van der Waals surface area contributed by atoms with E-state index in [1.807, 2.05) is 17.5 Å². The van der Waals surface area contributed by atoms with E-state index in [-0.39, 0.29) is 43.4 Å². The predicted octanol–water partition coefficient (Wildman–Crippen LogP) is 6.21. The third kappa shape index (κ3) is 4.77. The molecule has 0 saturated heterocycles. The average Bonchev–Trinajstić information content (AvgIpc) is 3.64. The summed E-state index contributed by atoms with van der Waals surface area (Å²) in [6.45, 7) is 1.80. The second-order valence-corrected chi connectivity index (χ2v) is 10.9. The van der Waals surface area contributed by atoms with Crippen LogP contribution in [-0.2, 0) is 25.3 Å². The van der Waals surface area contributed by atoms with Crippen molar-refractivity contribution >= 4 is 34.7 Å². The molecule has 0 spiro atoms. The molecule has 0 unspecified atom stereocenters. The summed E-state index contributed by atoms with van der Waals surface area (Å²) >= 11 is 1.38. The lowest BCUT2D eigenvalue weighted by Gasteiger charge is -2.42.